The summed E-state index contributed by atoms with van der Waals surface area (Å²) < 4.78 is 4.83. The quantitative estimate of drug-likeness (QED) is 0.130. The standard InChI is InChI=1S/C38H28P2.C4H10O.2Au.2ClH/c1-5-17-29(18-6-1)39(30-19-7-2-8-20-30)37-33-25-13-15-27-35(33)38(36-28-16-14-26-34(36)37)40(31-21-9-3-10-22-31)32-23-11-4-12-24-32;1-3-5-4-2;;;;/h1-28H;3-4H2,1-2H3;;;2*1H/q;;2*+1;;/p-2. The zero-order chi connectivity index (χ0) is 30.8. The summed E-state index contributed by atoms with van der Waals surface area (Å²) in [6.45, 7) is 5.67. The molecule has 0 atom stereocenters. The summed E-state index contributed by atoms with van der Waals surface area (Å²) in [6, 6.07) is 62.6. The van der Waals surface area contributed by atoms with Gasteiger partial charge in [0.25, 0.3) is 0 Å². The molecule has 0 aliphatic carbocycles. The minimum atomic E-state index is -0.779. The molecule has 7 rings (SSSR count). The molecule has 0 heterocycles. The van der Waals surface area contributed by atoms with Crippen LogP contribution in [0.25, 0.3) is 21.5 Å². The Labute approximate surface area is 337 Å². The maximum absolute atomic E-state index is 4.83. The van der Waals surface area contributed by atoms with Crippen LogP contribution in [0.4, 0.5) is 0 Å². The fraction of sp³-hybridized carbons (Fsp3) is 0.0952. The molecule has 7 aromatic carbocycles. The Morgan fingerprint density at radius 1 is 0.347 bits per heavy atom. The molecule has 0 aliphatic heterocycles. The van der Waals surface area contributed by atoms with E-state index in [0.717, 1.165) is 13.2 Å². The van der Waals surface area contributed by atoms with Crippen molar-refractivity contribution in [2.45, 2.75) is 13.8 Å². The third-order valence-corrected chi connectivity index (χ3v) is 12.9. The smallest absolute Gasteiger partial charge is 1.00 e. The van der Waals surface area contributed by atoms with Crippen molar-refractivity contribution in [3.05, 3.63) is 170 Å². The van der Waals surface area contributed by atoms with Crippen LogP contribution >= 0.6 is 15.8 Å². The van der Waals surface area contributed by atoms with Gasteiger partial charge in [0.15, 0.2) is 0 Å². The van der Waals surface area contributed by atoms with Crippen molar-refractivity contribution in [1.82, 2.24) is 0 Å². The predicted octanol–water partition coefficient (Wildman–Crippen LogP) is 2.56. The van der Waals surface area contributed by atoms with E-state index in [4.69, 9.17) is 4.74 Å². The van der Waals surface area contributed by atoms with Crippen LogP contribution in [0, 0.1) is 0 Å². The summed E-state index contributed by atoms with van der Waals surface area (Å²) in [5.74, 6) is 0. The number of halogens is 2. The molecule has 258 valence electrons. The molecule has 0 N–H and O–H groups in total. The molecular formula is C42H38Au2Cl2OP2. The van der Waals surface area contributed by atoms with Crippen molar-refractivity contribution in [3.8, 4) is 0 Å². The van der Waals surface area contributed by atoms with E-state index in [1.165, 1.54) is 53.4 Å². The number of rotatable bonds is 8. The van der Waals surface area contributed by atoms with Crippen LogP contribution in [0.5, 0.6) is 0 Å². The van der Waals surface area contributed by atoms with Gasteiger partial charge < -0.3 is 29.6 Å². The molecule has 0 saturated heterocycles. The molecule has 0 aromatic heterocycles. The molecule has 7 aromatic rings. The monoisotopic (exact) mass is 1080 g/mol. The van der Waals surface area contributed by atoms with Crippen LogP contribution in [0.2, 0.25) is 0 Å². The van der Waals surface area contributed by atoms with Crippen LogP contribution in [-0.2, 0) is 49.5 Å². The number of ether oxygens (including phenoxy) is 1. The first kappa shape index (κ1) is 43.1. The summed E-state index contributed by atoms with van der Waals surface area (Å²) in [4.78, 5) is 0. The molecular weight excluding hydrogens is 1050 g/mol. The van der Waals surface area contributed by atoms with Crippen LogP contribution < -0.4 is 56.6 Å². The van der Waals surface area contributed by atoms with E-state index in [1.54, 1.807) is 0 Å². The van der Waals surface area contributed by atoms with Gasteiger partial charge in [-0.05, 0) is 72.5 Å². The Morgan fingerprint density at radius 3 is 0.735 bits per heavy atom. The van der Waals surface area contributed by atoms with E-state index in [9.17, 15) is 0 Å². The molecule has 0 bridgehead atoms. The van der Waals surface area contributed by atoms with Crippen molar-refractivity contribution in [2.24, 2.45) is 0 Å². The van der Waals surface area contributed by atoms with Gasteiger partial charge in [-0.1, -0.05) is 170 Å². The molecule has 0 amide bonds. The van der Waals surface area contributed by atoms with E-state index < -0.39 is 15.8 Å². The van der Waals surface area contributed by atoms with Crippen molar-refractivity contribution in [1.29, 1.82) is 0 Å². The summed E-state index contributed by atoms with van der Waals surface area (Å²) >= 11 is 0. The minimum Gasteiger partial charge on any atom is -1.00 e. The average Bonchev–Trinajstić information content (AvgIpc) is 3.12. The summed E-state index contributed by atoms with van der Waals surface area (Å²) in [7, 11) is -1.56. The summed E-state index contributed by atoms with van der Waals surface area (Å²) in [5.41, 5.74) is 0. The van der Waals surface area contributed by atoms with E-state index in [0.29, 0.717) is 0 Å². The first-order chi connectivity index (χ1) is 22.3. The second-order valence-corrected chi connectivity index (χ2v) is 14.9. The van der Waals surface area contributed by atoms with Crippen molar-refractivity contribution in [3.63, 3.8) is 0 Å². The van der Waals surface area contributed by atoms with Crippen molar-refractivity contribution < 1.29 is 74.3 Å². The topological polar surface area (TPSA) is 9.23 Å². The van der Waals surface area contributed by atoms with Gasteiger partial charge in [0.2, 0.25) is 0 Å². The van der Waals surface area contributed by atoms with Crippen molar-refractivity contribution >= 4 is 69.2 Å². The third-order valence-electron chi connectivity index (χ3n) is 7.79. The second kappa shape index (κ2) is 22.0. The van der Waals surface area contributed by atoms with Gasteiger partial charge in [0.1, 0.15) is 0 Å². The molecule has 0 unspecified atom stereocenters. The van der Waals surface area contributed by atoms with Gasteiger partial charge in [-0.25, -0.2) is 0 Å². The number of hydrogen-bond acceptors (Lipinski definition) is 1. The first-order valence-corrected chi connectivity index (χ1v) is 18.3. The fourth-order valence-electron chi connectivity index (χ4n) is 5.89. The second-order valence-electron chi connectivity index (χ2n) is 10.6. The molecule has 0 radical (unpaired) electrons. The van der Waals surface area contributed by atoms with Crippen LogP contribution in [-0.4, -0.2) is 13.2 Å². The normalized spacial score (nSPS) is 10.2. The van der Waals surface area contributed by atoms with E-state index in [1.807, 2.05) is 13.8 Å². The van der Waals surface area contributed by atoms with E-state index in [2.05, 4.69) is 170 Å². The number of fused-ring (bicyclic) bond motifs is 2. The summed E-state index contributed by atoms with van der Waals surface area (Å²) in [6.07, 6.45) is 0. The third kappa shape index (κ3) is 10.1. The van der Waals surface area contributed by atoms with Crippen molar-refractivity contribution in [2.75, 3.05) is 13.2 Å². The van der Waals surface area contributed by atoms with Gasteiger partial charge in [0.05, 0.1) is 0 Å². The van der Waals surface area contributed by atoms with E-state index in [-0.39, 0.29) is 69.6 Å². The predicted molar refractivity (Wildman–Crippen MR) is 201 cm³/mol. The summed E-state index contributed by atoms with van der Waals surface area (Å²) in [5, 5.41) is 13.8. The van der Waals surface area contributed by atoms with Gasteiger partial charge in [0, 0.05) is 23.8 Å². The van der Waals surface area contributed by atoms with Crippen LogP contribution in [0.15, 0.2) is 170 Å². The van der Waals surface area contributed by atoms with Crippen LogP contribution in [0.1, 0.15) is 13.8 Å². The maximum Gasteiger partial charge on any atom is 1.00 e. The van der Waals surface area contributed by atoms with Crippen LogP contribution in [0.3, 0.4) is 0 Å². The Morgan fingerprint density at radius 2 is 0.551 bits per heavy atom. The zero-order valence-corrected chi connectivity index (χ0v) is 34.9. The fourth-order valence-corrected chi connectivity index (χ4v) is 11.1. The van der Waals surface area contributed by atoms with E-state index >= 15 is 0 Å². The maximum atomic E-state index is 4.83. The zero-order valence-electron chi connectivity index (χ0n) is 27.2. The molecule has 0 aliphatic rings. The average molecular weight is 1090 g/mol. The Kier molecular flexibility index (Phi) is 19.4. The Bertz CT molecular complexity index is 1690. The first-order valence-electron chi connectivity index (χ1n) is 15.6. The molecule has 1 nitrogen and oxygen atoms in total. The van der Waals surface area contributed by atoms with Gasteiger partial charge in [-0.15, -0.1) is 0 Å². The SMILES string of the molecule is CCOCC.[Au+].[Au+].[Cl-].[Cl-].c1ccc(P(c2ccccc2)c2c3ccccc3c(P(c3ccccc3)c3ccccc3)c3ccccc23)cc1. The van der Waals surface area contributed by atoms with Gasteiger partial charge in [-0.2, -0.15) is 0 Å². The largest absolute Gasteiger partial charge is 1.00 e. The molecule has 7 heteroatoms. The van der Waals surface area contributed by atoms with Gasteiger partial charge >= 0.3 is 44.8 Å². The minimum absolute atomic E-state index is 0. The number of benzene rings is 7. The molecule has 49 heavy (non-hydrogen) atoms. The number of hydrogen-bond donors (Lipinski definition) is 0. The molecule has 0 fully saturated rings. The van der Waals surface area contributed by atoms with Gasteiger partial charge in [-0.3, -0.25) is 0 Å². The molecule has 0 spiro atoms. The Balaban J connectivity index is 0.000000867. The Hall–Kier alpha value is -2.06. The molecule has 0 saturated carbocycles.